The smallest absolute Gasteiger partial charge is 0.748 e. The fourth-order valence-corrected chi connectivity index (χ4v) is 3.35. The first-order valence-corrected chi connectivity index (χ1v) is 11.2. The molecular weight excluding hydrogens is 390 g/mol. The summed E-state index contributed by atoms with van der Waals surface area (Å²) in [6, 6.07) is 0. The fraction of sp³-hybridized carbons (Fsp3) is 1.00. The molecule has 1 atom stereocenters. The molecule has 140 valence electrons. The molecular formula is C14H28Na2O7S2. The minimum Gasteiger partial charge on any atom is -0.748 e. The fourth-order valence-electron chi connectivity index (χ4n) is 2.33. The number of hydrogen-bond donors (Lipinski definition) is 1. The average molecular weight is 418 g/mol. The molecule has 7 nitrogen and oxygen atoms in total. The van der Waals surface area contributed by atoms with Gasteiger partial charge in [0.15, 0.2) is 0 Å². The van der Waals surface area contributed by atoms with Crippen LogP contribution in [-0.4, -0.2) is 42.2 Å². The summed E-state index contributed by atoms with van der Waals surface area (Å²) in [5.41, 5.74) is -1.78. The maximum absolute atomic E-state index is 10.5. The molecule has 0 aromatic rings. The van der Waals surface area contributed by atoms with Crippen molar-refractivity contribution in [3.8, 4) is 0 Å². The molecule has 0 rings (SSSR count). The van der Waals surface area contributed by atoms with Gasteiger partial charge in [-0.3, -0.25) is 0 Å². The van der Waals surface area contributed by atoms with Crippen LogP contribution in [0.5, 0.6) is 0 Å². The standard InChI is InChI=1S/C14H30O7S2.2Na/c15-14(23(19,20)21)12-10-8-6-4-2-1-3-5-7-9-11-13-22(16,17)18;;/h14-15H,1-13H2,(H,16,17,18)(H,19,20,21);;/q;2*+1/p-2. The number of aliphatic hydroxyl groups excluding tert-OH is 1. The maximum Gasteiger partial charge on any atom is 1.00 e. The van der Waals surface area contributed by atoms with Gasteiger partial charge >= 0.3 is 59.1 Å². The largest absolute Gasteiger partial charge is 1.00 e. The third-order valence-corrected chi connectivity index (χ3v) is 5.37. The van der Waals surface area contributed by atoms with Gasteiger partial charge in [0.05, 0.1) is 10.1 Å². The van der Waals surface area contributed by atoms with Crippen LogP contribution in [-0.2, 0) is 20.2 Å². The van der Waals surface area contributed by atoms with Crippen LogP contribution in [0.4, 0.5) is 0 Å². The summed E-state index contributed by atoms with van der Waals surface area (Å²) in [5, 5.41) is 9.04. The number of hydrogen-bond acceptors (Lipinski definition) is 7. The van der Waals surface area contributed by atoms with Gasteiger partial charge in [-0.15, -0.1) is 0 Å². The first kappa shape index (κ1) is 31.5. The molecule has 0 aliphatic carbocycles. The third kappa shape index (κ3) is 23.7. The van der Waals surface area contributed by atoms with Crippen molar-refractivity contribution in [2.45, 2.75) is 82.5 Å². The van der Waals surface area contributed by atoms with Gasteiger partial charge in [0, 0.05) is 5.75 Å². The van der Waals surface area contributed by atoms with Crippen LogP contribution in [0.3, 0.4) is 0 Å². The molecule has 0 spiro atoms. The van der Waals surface area contributed by atoms with E-state index in [1.165, 1.54) is 0 Å². The Morgan fingerprint density at radius 2 is 0.960 bits per heavy atom. The van der Waals surface area contributed by atoms with E-state index in [0.29, 0.717) is 12.8 Å². The van der Waals surface area contributed by atoms with E-state index in [1.807, 2.05) is 0 Å². The van der Waals surface area contributed by atoms with Crippen molar-refractivity contribution in [1.82, 2.24) is 0 Å². The zero-order valence-corrected chi connectivity index (χ0v) is 21.1. The van der Waals surface area contributed by atoms with Gasteiger partial charge in [-0.05, 0) is 19.3 Å². The Hall–Kier alpha value is 1.78. The molecule has 0 aromatic heterocycles. The van der Waals surface area contributed by atoms with Gasteiger partial charge in [0.2, 0.25) is 0 Å². The van der Waals surface area contributed by atoms with E-state index < -0.39 is 25.7 Å². The van der Waals surface area contributed by atoms with Crippen LogP contribution in [0.2, 0.25) is 0 Å². The van der Waals surface area contributed by atoms with Crippen molar-refractivity contribution in [3.63, 3.8) is 0 Å². The van der Waals surface area contributed by atoms with Gasteiger partial charge in [0.1, 0.15) is 15.6 Å². The minimum absolute atomic E-state index is 0. The van der Waals surface area contributed by atoms with E-state index in [0.717, 1.165) is 57.8 Å². The Bertz CT molecular complexity index is 495. The summed E-state index contributed by atoms with van der Waals surface area (Å²) in [6.07, 6.45) is 9.77. The normalized spacial score (nSPS) is 12.9. The van der Waals surface area contributed by atoms with E-state index in [1.54, 1.807) is 0 Å². The Morgan fingerprint density at radius 3 is 1.28 bits per heavy atom. The number of unbranched alkanes of at least 4 members (excludes halogenated alkanes) is 10. The molecule has 1 N–H and O–H groups in total. The second kappa shape index (κ2) is 17.8. The van der Waals surface area contributed by atoms with Crippen molar-refractivity contribution in [2.75, 3.05) is 5.75 Å². The van der Waals surface area contributed by atoms with Crippen molar-refractivity contribution in [2.24, 2.45) is 0 Å². The van der Waals surface area contributed by atoms with Crippen molar-refractivity contribution < 1.29 is 90.2 Å². The third-order valence-electron chi connectivity index (χ3n) is 3.68. The molecule has 11 heteroatoms. The Kier molecular flexibility index (Phi) is 22.5. The van der Waals surface area contributed by atoms with Crippen LogP contribution in [0.25, 0.3) is 0 Å². The molecule has 1 unspecified atom stereocenters. The summed E-state index contributed by atoms with van der Waals surface area (Å²) in [7, 11) is -8.64. The molecule has 0 amide bonds. The Morgan fingerprint density at radius 1 is 0.640 bits per heavy atom. The predicted octanol–water partition coefficient (Wildman–Crippen LogP) is -3.92. The predicted molar refractivity (Wildman–Crippen MR) is 85.7 cm³/mol. The second-order valence-electron chi connectivity index (χ2n) is 5.89. The molecule has 0 aliphatic rings. The van der Waals surface area contributed by atoms with Gasteiger partial charge < -0.3 is 14.2 Å². The van der Waals surface area contributed by atoms with Gasteiger partial charge in [-0.25, -0.2) is 16.8 Å². The van der Waals surface area contributed by atoms with Gasteiger partial charge in [-0.2, -0.15) is 0 Å². The van der Waals surface area contributed by atoms with Crippen LogP contribution < -0.4 is 59.1 Å². The topological polar surface area (TPSA) is 135 Å². The molecule has 0 aromatic carbocycles. The molecule has 0 bridgehead atoms. The zero-order chi connectivity index (χ0) is 17.8. The van der Waals surface area contributed by atoms with Crippen molar-refractivity contribution >= 4 is 20.2 Å². The quantitative estimate of drug-likeness (QED) is 0.163. The van der Waals surface area contributed by atoms with Crippen molar-refractivity contribution in [3.05, 3.63) is 0 Å². The molecule has 0 fully saturated rings. The first-order chi connectivity index (χ1) is 10.6. The van der Waals surface area contributed by atoms with E-state index in [2.05, 4.69) is 0 Å². The summed E-state index contributed by atoms with van der Waals surface area (Å²) in [4.78, 5) is 0. The Labute approximate surface area is 196 Å². The SMILES string of the molecule is O=S(=O)([O-])CCCCCCCCCCCCCC(O)S(=O)(=O)[O-].[Na+].[Na+]. The zero-order valence-electron chi connectivity index (χ0n) is 15.5. The molecule has 0 heterocycles. The van der Waals surface area contributed by atoms with E-state index >= 15 is 0 Å². The maximum atomic E-state index is 10.5. The summed E-state index contributed by atoms with van der Waals surface area (Å²) in [6.45, 7) is 0. The Balaban J connectivity index is -0.00000242. The van der Waals surface area contributed by atoms with E-state index in [4.69, 9.17) is 5.11 Å². The molecule has 0 aliphatic heterocycles. The van der Waals surface area contributed by atoms with Gasteiger partial charge in [0.25, 0.3) is 0 Å². The molecule has 25 heavy (non-hydrogen) atoms. The van der Waals surface area contributed by atoms with E-state index in [9.17, 15) is 25.9 Å². The van der Waals surface area contributed by atoms with Crippen molar-refractivity contribution in [1.29, 1.82) is 0 Å². The second-order valence-corrected chi connectivity index (χ2v) is 8.94. The first-order valence-electron chi connectivity index (χ1n) is 8.19. The van der Waals surface area contributed by atoms with Gasteiger partial charge in [-0.1, -0.05) is 57.8 Å². The molecule has 0 saturated carbocycles. The number of aliphatic hydroxyl groups is 1. The summed E-state index contributed by atoms with van der Waals surface area (Å²) in [5.74, 6) is -0.269. The molecule has 0 radical (unpaired) electrons. The van der Waals surface area contributed by atoms with Crippen LogP contribution in [0.1, 0.15) is 77.0 Å². The summed E-state index contributed by atoms with van der Waals surface area (Å²) >= 11 is 0. The van der Waals surface area contributed by atoms with Crippen LogP contribution in [0, 0.1) is 0 Å². The van der Waals surface area contributed by atoms with E-state index in [-0.39, 0.29) is 71.3 Å². The van der Waals surface area contributed by atoms with Crippen LogP contribution in [0.15, 0.2) is 0 Å². The molecule has 0 saturated heterocycles. The van der Waals surface area contributed by atoms with Crippen LogP contribution >= 0.6 is 0 Å². The summed E-state index contributed by atoms with van der Waals surface area (Å²) < 4.78 is 62.5. The average Bonchev–Trinajstić information content (AvgIpc) is 2.41. The monoisotopic (exact) mass is 418 g/mol. The number of rotatable bonds is 15. The minimum atomic E-state index is -4.57.